The maximum absolute atomic E-state index is 11.7. The molecule has 0 atom stereocenters. The second-order valence-corrected chi connectivity index (χ2v) is 2.63. The first-order valence-electron chi connectivity index (χ1n) is 3.28. The van der Waals surface area contributed by atoms with Gasteiger partial charge in [0.25, 0.3) is 0 Å². The summed E-state index contributed by atoms with van der Waals surface area (Å²) < 4.78 is 35.2. The molecule has 0 nitrogen and oxygen atoms in total. The molecular weight excluding hydrogens is 153 g/mol. The van der Waals surface area contributed by atoms with Gasteiger partial charge in [0, 0.05) is 5.57 Å². The predicted molar refractivity (Wildman–Crippen MR) is 39.2 cm³/mol. The van der Waals surface area contributed by atoms with Crippen molar-refractivity contribution in [3.05, 3.63) is 24.3 Å². The molecule has 0 amide bonds. The smallest absolute Gasteiger partial charge is 0.166 e. The highest BCUT2D eigenvalue weighted by Gasteiger charge is 2.29. The average Bonchev–Trinajstić information content (AvgIpc) is 1.80. The van der Waals surface area contributed by atoms with Gasteiger partial charge < -0.3 is 0 Å². The van der Waals surface area contributed by atoms with Crippen LogP contribution >= 0.6 is 0 Å². The van der Waals surface area contributed by atoms with E-state index in [4.69, 9.17) is 0 Å². The number of rotatable bonds is 2. The van der Waals surface area contributed by atoms with Crippen molar-refractivity contribution in [1.82, 2.24) is 0 Å². The van der Waals surface area contributed by atoms with Crippen LogP contribution in [0.1, 0.15) is 13.8 Å². The van der Waals surface area contributed by atoms with Gasteiger partial charge in [-0.05, 0) is 5.92 Å². The molecule has 0 N–H and O–H groups in total. The lowest BCUT2D eigenvalue weighted by Crippen LogP contribution is -2.08. The highest BCUT2D eigenvalue weighted by molar-refractivity contribution is 5.19. The highest BCUT2D eigenvalue weighted by atomic mass is 19.4. The van der Waals surface area contributed by atoms with Crippen LogP contribution in [0, 0.1) is 5.92 Å². The van der Waals surface area contributed by atoms with Crippen LogP contribution in [0.3, 0.4) is 0 Å². The molecule has 0 unspecified atom stereocenters. The summed E-state index contributed by atoms with van der Waals surface area (Å²) >= 11 is 0. The quantitative estimate of drug-likeness (QED) is 0.549. The molecule has 11 heavy (non-hydrogen) atoms. The van der Waals surface area contributed by atoms with Crippen LogP contribution in [-0.4, -0.2) is 6.18 Å². The van der Waals surface area contributed by atoms with Crippen LogP contribution in [0.5, 0.6) is 0 Å². The average molecular weight is 164 g/mol. The Labute approximate surface area is 64.4 Å². The van der Waals surface area contributed by atoms with Crippen molar-refractivity contribution >= 4 is 0 Å². The molecular formula is C8H11F3. The fourth-order valence-electron chi connectivity index (χ4n) is 0.403. The normalized spacial score (nSPS) is 12.9. The van der Waals surface area contributed by atoms with Gasteiger partial charge >= 0.3 is 6.18 Å². The van der Waals surface area contributed by atoms with Crippen molar-refractivity contribution in [3.8, 4) is 0 Å². The molecule has 0 aliphatic heterocycles. The van der Waals surface area contributed by atoms with Crippen molar-refractivity contribution in [3.63, 3.8) is 0 Å². The summed E-state index contributed by atoms with van der Waals surface area (Å²) in [5, 5.41) is 0. The van der Waals surface area contributed by atoms with E-state index in [-0.39, 0.29) is 5.92 Å². The van der Waals surface area contributed by atoms with Crippen LogP contribution < -0.4 is 0 Å². The second-order valence-electron chi connectivity index (χ2n) is 2.63. The topological polar surface area (TPSA) is 0 Å². The minimum absolute atomic E-state index is 0.120. The van der Waals surface area contributed by atoms with Gasteiger partial charge in [-0.1, -0.05) is 32.6 Å². The molecule has 64 valence electrons. The molecule has 0 radical (unpaired) electrons. The molecule has 0 spiro atoms. The molecule has 0 aromatic heterocycles. The van der Waals surface area contributed by atoms with Crippen molar-refractivity contribution in [1.29, 1.82) is 0 Å². The summed E-state index contributed by atoms with van der Waals surface area (Å²) in [7, 11) is 0. The first kappa shape index (κ1) is 10.3. The first-order chi connectivity index (χ1) is 4.84. The lowest BCUT2D eigenvalue weighted by molar-refractivity contribution is -0.0878. The van der Waals surface area contributed by atoms with Crippen molar-refractivity contribution < 1.29 is 13.2 Å². The molecule has 0 rings (SSSR count). The lowest BCUT2D eigenvalue weighted by Gasteiger charge is -2.04. The van der Waals surface area contributed by atoms with E-state index < -0.39 is 11.7 Å². The maximum atomic E-state index is 11.7. The number of allylic oxidation sites excluding steroid dienone is 3. The molecule has 0 fully saturated rings. The molecule has 0 aliphatic rings. The second kappa shape index (κ2) is 3.60. The summed E-state index contributed by atoms with van der Waals surface area (Å²) in [6.45, 7) is 6.50. The Hall–Kier alpha value is -0.730. The SMILES string of the molecule is C=C(/C=C\C(C)C)C(F)(F)F. The largest absolute Gasteiger partial charge is 0.415 e. The molecule has 0 aromatic carbocycles. The van der Waals surface area contributed by atoms with E-state index in [2.05, 4.69) is 6.58 Å². The van der Waals surface area contributed by atoms with Gasteiger partial charge in [0.15, 0.2) is 0 Å². The summed E-state index contributed by atoms with van der Waals surface area (Å²) in [6, 6.07) is 0. The Balaban J connectivity index is 4.09. The summed E-state index contributed by atoms with van der Waals surface area (Å²) in [6.07, 6.45) is -1.81. The Bertz CT molecular complexity index is 163. The monoisotopic (exact) mass is 164 g/mol. The van der Waals surface area contributed by atoms with E-state index in [1.165, 1.54) is 6.08 Å². The van der Waals surface area contributed by atoms with E-state index >= 15 is 0 Å². The van der Waals surface area contributed by atoms with Crippen LogP contribution in [0.15, 0.2) is 24.3 Å². The molecule has 0 heterocycles. The number of hydrogen-bond donors (Lipinski definition) is 0. The van der Waals surface area contributed by atoms with Gasteiger partial charge in [0.2, 0.25) is 0 Å². The number of hydrogen-bond acceptors (Lipinski definition) is 0. The van der Waals surface area contributed by atoms with E-state index in [1.54, 1.807) is 13.8 Å². The zero-order chi connectivity index (χ0) is 9.07. The van der Waals surface area contributed by atoms with Crippen molar-refractivity contribution in [2.45, 2.75) is 20.0 Å². The van der Waals surface area contributed by atoms with Crippen LogP contribution in [0.25, 0.3) is 0 Å². The highest BCUT2D eigenvalue weighted by Crippen LogP contribution is 2.24. The third-order valence-corrected chi connectivity index (χ3v) is 1.05. The minimum atomic E-state index is -4.29. The van der Waals surface area contributed by atoms with E-state index in [1.807, 2.05) is 0 Å². The van der Waals surface area contributed by atoms with E-state index in [0.29, 0.717) is 0 Å². The van der Waals surface area contributed by atoms with E-state index in [0.717, 1.165) is 6.08 Å². The van der Waals surface area contributed by atoms with Gasteiger partial charge in [0.05, 0.1) is 0 Å². The molecule has 0 saturated heterocycles. The summed E-state index contributed by atoms with van der Waals surface area (Å²) in [5.41, 5.74) is -0.800. The van der Waals surface area contributed by atoms with Gasteiger partial charge in [-0.25, -0.2) is 0 Å². The van der Waals surface area contributed by atoms with Gasteiger partial charge in [-0.15, -0.1) is 0 Å². The van der Waals surface area contributed by atoms with Crippen LogP contribution in [-0.2, 0) is 0 Å². The van der Waals surface area contributed by atoms with Gasteiger partial charge in [-0.2, -0.15) is 13.2 Å². The first-order valence-corrected chi connectivity index (χ1v) is 3.28. The molecule has 0 bridgehead atoms. The van der Waals surface area contributed by atoms with Gasteiger partial charge in [-0.3, -0.25) is 0 Å². The van der Waals surface area contributed by atoms with Crippen LogP contribution in [0.4, 0.5) is 13.2 Å². The summed E-state index contributed by atoms with van der Waals surface area (Å²) in [4.78, 5) is 0. The fraction of sp³-hybridized carbons (Fsp3) is 0.500. The third kappa shape index (κ3) is 4.65. The molecule has 0 saturated carbocycles. The number of alkyl halides is 3. The van der Waals surface area contributed by atoms with E-state index in [9.17, 15) is 13.2 Å². The number of halogens is 3. The third-order valence-electron chi connectivity index (χ3n) is 1.05. The minimum Gasteiger partial charge on any atom is -0.166 e. The van der Waals surface area contributed by atoms with Crippen molar-refractivity contribution in [2.24, 2.45) is 5.92 Å². The van der Waals surface area contributed by atoms with Crippen LogP contribution in [0.2, 0.25) is 0 Å². The Morgan fingerprint density at radius 3 is 2.09 bits per heavy atom. The lowest BCUT2D eigenvalue weighted by atomic mass is 10.1. The Kier molecular flexibility index (Phi) is 3.36. The Morgan fingerprint density at radius 2 is 1.82 bits per heavy atom. The predicted octanol–water partition coefficient (Wildman–Crippen LogP) is 3.32. The maximum Gasteiger partial charge on any atom is 0.415 e. The Morgan fingerprint density at radius 1 is 1.36 bits per heavy atom. The standard InChI is InChI=1S/C8H11F3/c1-6(2)4-5-7(3)8(9,10)11/h4-6H,3H2,1-2H3/b5-4-. The van der Waals surface area contributed by atoms with Crippen molar-refractivity contribution in [2.75, 3.05) is 0 Å². The van der Waals surface area contributed by atoms with Gasteiger partial charge in [0.1, 0.15) is 0 Å². The molecule has 0 aromatic rings. The molecule has 0 aliphatic carbocycles. The fourth-order valence-corrected chi connectivity index (χ4v) is 0.403. The summed E-state index contributed by atoms with van der Waals surface area (Å²) in [5.74, 6) is 0.120. The molecule has 3 heteroatoms. The zero-order valence-corrected chi connectivity index (χ0v) is 6.57. The zero-order valence-electron chi connectivity index (χ0n) is 6.57.